The van der Waals surface area contributed by atoms with Gasteiger partial charge in [0.25, 0.3) is 0 Å². The first kappa shape index (κ1) is 9.65. The fourth-order valence-corrected chi connectivity index (χ4v) is 1.09. The van der Waals surface area contributed by atoms with E-state index in [2.05, 4.69) is 11.6 Å². The number of methoxy groups -OCH3 is 1. The molecule has 1 aromatic rings. The zero-order chi connectivity index (χ0) is 9.84. The summed E-state index contributed by atoms with van der Waals surface area (Å²) in [5.41, 5.74) is 1.15. The minimum Gasteiger partial charge on any atom is -0.497 e. The number of hydrogen-bond acceptors (Lipinski definition) is 1. The topological polar surface area (TPSA) is 25.0 Å². The highest BCUT2D eigenvalue weighted by Crippen LogP contribution is 2.03. The number of allylic oxidation sites excluding steroid dienone is 2. The molecule has 0 aliphatic heterocycles. The average molecular weight is 177 g/mol. The van der Waals surface area contributed by atoms with Crippen molar-refractivity contribution in [1.82, 2.24) is 4.98 Å². The molecule has 1 N–H and O–H groups in total. The molecular formula is C11H15NO. The molecular weight excluding hydrogens is 162 g/mol. The number of nitrogens with one attached hydrogen (secondary N) is 1. The summed E-state index contributed by atoms with van der Waals surface area (Å²) in [4.78, 5) is 3.09. The maximum absolute atomic E-state index is 5.22. The van der Waals surface area contributed by atoms with Crippen molar-refractivity contribution >= 4 is 12.7 Å². The molecule has 0 unspecified atom stereocenters. The van der Waals surface area contributed by atoms with Gasteiger partial charge in [0.15, 0.2) is 0 Å². The van der Waals surface area contributed by atoms with Crippen LogP contribution in [-0.2, 0) is 4.74 Å². The first-order valence-electron chi connectivity index (χ1n) is 4.20. The number of H-pyrrole nitrogens is 1. The molecule has 2 heteroatoms. The smallest absolute Gasteiger partial charge is 0.119 e. The lowest BCUT2D eigenvalue weighted by molar-refractivity contribution is 0.309. The number of hydrogen-bond donors (Lipinski definition) is 1. The van der Waals surface area contributed by atoms with Crippen LogP contribution in [0.25, 0.3) is 12.7 Å². The van der Waals surface area contributed by atoms with E-state index in [0.717, 1.165) is 21.9 Å². The van der Waals surface area contributed by atoms with Crippen molar-refractivity contribution in [2.45, 2.75) is 13.8 Å². The largest absolute Gasteiger partial charge is 0.497 e. The van der Waals surface area contributed by atoms with Crippen LogP contribution < -0.4 is 10.6 Å². The van der Waals surface area contributed by atoms with E-state index < -0.39 is 0 Å². The van der Waals surface area contributed by atoms with Crippen LogP contribution in [-0.4, -0.2) is 12.1 Å². The molecule has 1 aromatic heterocycles. The normalized spacial score (nSPS) is 11.5. The summed E-state index contributed by atoms with van der Waals surface area (Å²) in [5.74, 6) is 0.882. The van der Waals surface area contributed by atoms with E-state index in [4.69, 9.17) is 4.74 Å². The van der Waals surface area contributed by atoms with Crippen molar-refractivity contribution in [2.75, 3.05) is 7.11 Å². The van der Waals surface area contributed by atoms with Crippen LogP contribution in [0, 0.1) is 0 Å². The van der Waals surface area contributed by atoms with Gasteiger partial charge in [-0.15, -0.1) is 0 Å². The van der Waals surface area contributed by atoms with Crippen LogP contribution in [0.2, 0.25) is 0 Å². The molecule has 0 fully saturated rings. The van der Waals surface area contributed by atoms with Gasteiger partial charge in [0.05, 0.1) is 7.11 Å². The summed E-state index contributed by atoms with van der Waals surface area (Å²) < 4.78 is 5.22. The van der Waals surface area contributed by atoms with E-state index in [1.807, 2.05) is 32.2 Å². The molecule has 0 saturated carbocycles. The highest BCUT2D eigenvalue weighted by atomic mass is 16.5. The zero-order valence-corrected chi connectivity index (χ0v) is 8.35. The van der Waals surface area contributed by atoms with Crippen LogP contribution in [0.15, 0.2) is 23.6 Å². The second-order valence-corrected chi connectivity index (χ2v) is 3.13. The number of aromatic amines is 1. The summed E-state index contributed by atoms with van der Waals surface area (Å²) in [6.07, 6.45) is 3.82. The summed E-state index contributed by atoms with van der Waals surface area (Å²) in [6, 6.07) is 1.93. The van der Waals surface area contributed by atoms with Crippen LogP contribution in [0.5, 0.6) is 0 Å². The first-order valence-corrected chi connectivity index (χ1v) is 4.20. The quantitative estimate of drug-likeness (QED) is 0.673. The molecule has 0 saturated heterocycles. The molecule has 0 spiro atoms. The summed E-state index contributed by atoms with van der Waals surface area (Å²) in [7, 11) is 1.67. The summed E-state index contributed by atoms with van der Waals surface area (Å²) in [5, 5.41) is 1.98. The van der Waals surface area contributed by atoms with Gasteiger partial charge < -0.3 is 9.72 Å². The van der Waals surface area contributed by atoms with E-state index in [1.165, 1.54) is 0 Å². The lowest BCUT2D eigenvalue weighted by Crippen LogP contribution is -2.20. The molecule has 1 heterocycles. The Balaban J connectivity index is 3.22. The van der Waals surface area contributed by atoms with Gasteiger partial charge in [0, 0.05) is 17.6 Å². The Morgan fingerprint density at radius 3 is 2.62 bits per heavy atom. The Morgan fingerprint density at radius 2 is 2.23 bits per heavy atom. The molecule has 70 valence electrons. The minimum atomic E-state index is 0.882. The lowest BCUT2D eigenvalue weighted by Gasteiger charge is -2.01. The van der Waals surface area contributed by atoms with Crippen molar-refractivity contribution in [3.8, 4) is 0 Å². The maximum Gasteiger partial charge on any atom is 0.119 e. The molecule has 0 aromatic carbocycles. The predicted molar refractivity (Wildman–Crippen MR) is 55.4 cm³/mol. The Labute approximate surface area is 78.2 Å². The van der Waals surface area contributed by atoms with E-state index in [0.29, 0.717) is 0 Å². The van der Waals surface area contributed by atoms with Crippen molar-refractivity contribution in [3.05, 3.63) is 34.2 Å². The SMILES string of the molecule is C=c1cc[nH]/c1=C/C(OC)=C(C)C. The molecule has 0 aliphatic carbocycles. The van der Waals surface area contributed by atoms with Gasteiger partial charge in [-0.25, -0.2) is 0 Å². The summed E-state index contributed by atoms with van der Waals surface area (Å²) >= 11 is 0. The Bertz CT molecular complexity index is 408. The fraction of sp³-hybridized carbons (Fsp3) is 0.273. The number of aromatic nitrogens is 1. The maximum atomic E-state index is 5.22. The Kier molecular flexibility index (Phi) is 2.96. The van der Waals surface area contributed by atoms with Crippen molar-refractivity contribution in [2.24, 2.45) is 0 Å². The molecule has 0 radical (unpaired) electrons. The molecule has 0 atom stereocenters. The van der Waals surface area contributed by atoms with Gasteiger partial charge in [0.2, 0.25) is 0 Å². The van der Waals surface area contributed by atoms with Gasteiger partial charge in [-0.3, -0.25) is 0 Å². The summed E-state index contributed by atoms with van der Waals surface area (Å²) in [6.45, 7) is 7.92. The monoisotopic (exact) mass is 177 g/mol. The Hall–Kier alpha value is -1.44. The van der Waals surface area contributed by atoms with Crippen molar-refractivity contribution in [1.29, 1.82) is 0 Å². The molecule has 0 amide bonds. The third-order valence-electron chi connectivity index (χ3n) is 1.86. The number of rotatable bonds is 2. The van der Waals surface area contributed by atoms with Gasteiger partial charge in [-0.05, 0) is 30.7 Å². The number of ether oxygens (including phenoxy) is 1. The standard InChI is InChI=1S/C11H15NO/c1-8(2)11(13-4)7-10-9(3)5-6-12-10/h5-7,12H,3H2,1-2,4H3/b10-7+. The van der Waals surface area contributed by atoms with Crippen LogP contribution >= 0.6 is 0 Å². The Morgan fingerprint density at radius 1 is 1.54 bits per heavy atom. The van der Waals surface area contributed by atoms with E-state index in [9.17, 15) is 0 Å². The van der Waals surface area contributed by atoms with Gasteiger partial charge in [-0.1, -0.05) is 6.58 Å². The minimum absolute atomic E-state index is 0.882. The van der Waals surface area contributed by atoms with Gasteiger partial charge in [-0.2, -0.15) is 0 Å². The third-order valence-corrected chi connectivity index (χ3v) is 1.86. The average Bonchev–Trinajstić information content (AvgIpc) is 2.46. The third kappa shape index (κ3) is 2.25. The highest BCUT2D eigenvalue weighted by molar-refractivity contribution is 5.43. The van der Waals surface area contributed by atoms with Gasteiger partial charge in [0.1, 0.15) is 5.76 Å². The van der Waals surface area contributed by atoms with Crippen LogP contribution in [0.4, 0.5) is 0 Å². The molecule has 2 nitrogen and oxygen atoms in total. The second kappa shape index (κ2) is 3.99. The lowest BCUT2D eigenvalue weighted by atomic mass is 10.2. The highest BCUT2D eigenvalue weighted by Gasteiger charge is 1.93. The first-order chi connectivity index (χ1) is 6.15. The van der Waals surface area contributed by atoms with Crippen LogP contribution in [0.1, 0.15) is 13.8 Å². The second-order valence-electron chi connectivity index (χ2n) is 3.13. The van der Waals surface area contributed by atoms with E-state index in [-0.39, 0.29) is 0 Å². The van der Waals surface area contributed by atoms with Crippen LogP contribution in [0.3, 0.4) is 0 Å². The van der Waals surface area contributed by atoms with Crippen molar-refractivity contribution < 1.29 is 4.74 Å². The van der Waals surface area contributed by atoms with E-state index >= 15 is 0 Å². The molecule has 0 bridgehead atoms. The fourth-order valence-electron chi connectivity index (χ4n) is 1.09. The van der Waals surface area contributed by atoms with Gasteiger partial charge >= 0.3 is 0 Å². The predicted octanol–water partition coefficient (Wildman–Crippen LogP) is 1.15. The zero-order valence-electron chi connectivity index (χ0n) is 8.35. The van der Waals surface area contributed by atoms with Crippen molar-refractivity contribution in [3.63, 3.8) is 0 Å². The van der Waals surface area contributed by atoms with E-state index in [1.54, 1.807) is 7.11 Å². The molecule has 0 aliphatic rings. The molecule has 13 heavy (non-hydrogen) atoms. The molecule has 1 rings (SSSR count).